The third kappa shape index (κ3) is 3.30. The van der Waals surface area contributed by atoms with Crippen molar-refractivity contribution < 1.29 is 9.59 Å². The number of amides is 2. The van der Waals surface area contributed by atoms with Gasteiger partial charge in [0.05, 0.1) is 24.3 Å². The van der Waals surface area contributed by atoms with Crippen molar-refractivity contribution >= 4 is 22.7 Å². The van der Waals surface area contributed by atoms with Gasteiger partial charge in [-0.05, 0) is 30.4 Å². The smallest absolute Gasteiger partial charge is 0.242 e. The lowest BCUT2D eigenvalue weighted by Crippen LogP contribution is -2.39. The van der Waals surface area contributed by atoms with Gasteiger partial charge in [0.15, 0.2) is 0 Å². The van der Waals surface area contributed by atoms with Crippen LogP contribution in [0.5, 0.6) is 0 Å². The first-order valence-electron chi connectivity index (χ1n) is 9.41. The molecule has 2 aromatic rings. The number of hydrogen-bond acceptors (Lipinski definition) is 3. The van der Waals surface area contributed by atoms with Crippen LogP contribution in [0.2, 0.25) is 0 Å². The Morgan fingerprint density at radius 3 is 2.77 bits per heavy atom. The molecule has 5 heteroatoms. The average molecular weight is 351 g/mol. The van der Waals surface area contributed by atoms with E-state index in [1.54, 1.807) is 16.8 Å². The van der Waals surface area contributed by atoms with Crippen molar-refractivity contribution in [3.8, 4) is 0 Å². The minimum atomic E-state index is -0.0247. The fourth-order valence-electron chi connectivity index (χ4n) is 4.40. The molecule has 2 amide bonds. The highest BCUT2D eigenvalue weighted by Crippen LogP contribution is 2.45. The van der Waals surface area contributed by atoms with E-state index in [9.17, 15) is 9.59 Å². The molecule has 136 valence electrons. The number of nitrogens with zero attached hydrogens (tertiary/aromatic N) is 3. The van der Waals surface area contributed by atoms with E-state index in [4.69, 9.17) is 0 Å². The Bertz CT molecular complexity index is 842. The highest BCUT2D eigenvalue weighted by atomic mass is 16.2. The van der Waals surface area contributed by atoms with Crippen LogP contribution >= 0.6 is 0 Å². The summed E-state index contributed by atoms with van der Waals surface area (Å²) in [5.41, 5.74) is 1.94. The number of carbonyl (C=O) groups is 2. The second-order valence-corrected chi connectivity index (χ2v) is 7.88. The van der Waals surface area contributed by atoms with Gasteiger partial charge in [-0.2, -0.15) is 0 Å². The average Bonchev–Trinajstić information content (AvgIpc) is 3.21. The number of aromatic nitrogens is 1. The topological polar surface area (TPSA) is 53.5 Å². The molecule has 1 spiro atoms. The fourth-order valence-corrected chi connectivity index (χ4v) is 4.40. The quantitative estimate of drug-likeness (QED) is 0.851. The maximum atomic E-state index is 12.6. The highest BCUT2D eigenvalue weighted by Gasteiger charge is 2.45. The molecular weight excluding hydrogens is 326 g/mol. The Morgan fingerprint density at radius 2 is 1.96 bits per heavy atom. The second kappa shape index (κ2) is 6.71. The predicted molar refractivity (Wildman–Crippen MR) is 100 cm³/mol. The summed E-state index contributed by atoms with van der Waals surface area (Å²) in [6, 6.07) is 11.9. The van der Waals surface area contributed by atoms with Gasteiger partial charge in [-0.15, -0.1) is 0 Å². The summed E-state index contributed by atoms with van der Waals surface area (Å²) in [5.74, 6) is 0.112. The Balaban J connectivity index is 1.39. The van der Waals surface area contributed by atoms with Gasteiger partial charge in [-0.1, -0.05) is 37.1 Å². The number of fused-ring (bicyclic) bond motifs is 1. The lowest BCUT2D eigenvalue weighted by atomic mass is 9.85. The van der Waals surface area contributed by atoms with Crippen LogP contribution in [0.15, 0.2) is 36.4 Å². The number of hydrogen-bond donors (Lipinski definition) is 0. The summed E-state index contributed by atoms with van der Waals surface area (Å²) in [6.07, 6.45) is 5.29. The standard InChI is InChI=1S/C21H25N3O2/c1-23(13-17-9-8-16-6-2-3-7-18(16)22-17)20(26)14-24-15-21(12-19(24)25)10-4-5-11-21/h2-3,6-9H,4-5,10-15H2,1H3. The van der Waals surface area contributed by atoms with Gasteiger partial charge in [0.25, 0.3) is 0 Å². The normalized spacial score (nSPS) is 18.8. The van der Waals surface area contributed by atoms with Crippen LogP contribution < -0.4 is 0 Å². The molecule has 2 heterocycles. The summed E-state index contributed by atoms with van der Waals surface area (Å²) in [7, 11) is 1.78. The maximum Gasteiger partial charge on any atom is 0.242 e. The highest BCUT2D eigenvalue weighted by molar-refractivity contribution is 5.86. The van der Waals surface area contributed by atoms with Gasteiger partial charge in [0, 0.05) is 25.4 Å². The zero-order valence-corrected chi connectivity index (χ0v) is 15.3. The molecule has 0 bridgehead atoms. The van der Waals surface area contributed by atoms with Crippen LogP contribution in [0.25, 0.3) is 10.9 Å². The van der Waals surface area contributed by atoms with E-state index in [1.165, 1.54) is 12.8 Å². The van der Waals surface area contributed by atoms with Crippen molar-refractivity contribution in [1.82, 2.24) is 14.8 Å². The van der Waals surface area contributed by atoms with E-state index < -0.39 is 0 Å². The second-order valence-electron chi connectivity index (χ2n) is 7.88. The molecule has 1 aromatic carbocycles. The molecule has 2 aliphatic rings. The van der Waals surface area contributed by atoms with E-state index in [1.807, 2.05) is 36.4 Å². The van der Waals surface area contributed by atoms with E-state index in [0.717, 1.165) is 36.0 Å². The first-order valence-corrected chi connectivity index (χ1v) is 9.41. The van der Waals surface area contributed by atoms with Crippen LogP contribution in [0, 0.1) is 5.41 Å². The van der Waals surface area contributed by atoms with Gasteiger partial charge >= 0.3 is 0 Å². The molecular formula is C21H25N3O2. The number of benzene rings is 1. The third-order valence-electron chi connectivity index (χ3n) is 5.88. The molecule has 0 atom stereocenters. The molecule has 1 saturated carbocycles. The molecule has 0 N–H and O–H groups in total. The molecule has 1 saturated heterocycles. The van der Waals surface area contributed by atoms with Crippen LogP contribution in [0.4, 0.5) is 0 Å². The summed E-state index contributed by atoms with van der Waals surface area (Å²) >= 11 is 0. The molecule has 1 aliphatic carbocycles. The zero-order valence-electron chi connectivity index (χ0n) is 15.3. The van der Waals surface area contributed by atoms with Gasteiger partial charge in [0.1, 0.15) is 0 Å². The monoisotopic (exact) mass is 351 g/mol. The van der Waals surface area contributed by atoms with Crippen molar-refractivity contribution in [2.75, 3.05) is 20.1 Å². The lowest BCUT2D eigenvalue weighted by molar-refractivity contribution is -0.137. The van der Waals surface area contributed by atoms with Crippen molar-refractivity contribution in [2.24, 2.45) is 5.41 Å². The van der Waals surface area contributed by atoms with E-state index >= 15 is 0 Å². The van der Waals surface area contributed by atoms with Crippen LogP contribution in [-0.2, 0) is 16.1 Å². The summed E-state index contributed by atoms with van der Waals surface area (Å²) < 4.78 is 0. The molecule has 26 heavy (non-hydrogen) atoms. The number of carbonyl (C=O) groups excluding carboxylic acids is 2. The Hall–Kier alpha value is -2.43. The van der Waals surface area contributed by atoms with Crippen LogP contribution in [0.3, 0.4) is 0 Å². The lowest BCUT2D eigenvalue weighted by Gasteiger charge is -2.24. The van der Waals surface area contributed by atoms with Gasteiger partial charge < -0.3 is 9.80 Å². The molecule has 0 unspecified atom stereocenters. The molecule has 1 aliphatic heterocycles. The summed E-state index contributed by atoms with van der Waals surface area (Å²) in [4.78, 5) is 33.0. The Morgan fingerprint density at radius 1 is 1.19 bits per heavy atom. The molecule has 0 radical (unpaired) electrons. The SMILES string of the molecule is CN(Cc1ccc2ccccc2n1)C(=O)CN1CC2(CCCC2)CC1=O. The third-order valence-corrected chi connectivity index (χ3v) is 5.88. The van der Waals surface area contributed by atoms with E-state index in [2.05, 4.69) is 4.98 Å². The zero-order chi connectivity index (χ0) is 18.1. The van der Waals surface area contributed by atoms with Gasteiger partial charge in [-0.3, -0.25) is 14.6 Å². The fraction of sp³-hybridized carbons (Fsp3) is 0.476. The van der Waals surface area contributed by atoms with Crippen molar-refractivity contribution in [2.45, 2.75) is 38.6 Å². The number of likely N-dealkylation sites (N-methyl/N-ethyl adjacent to an activating group) is 1. The summed E-state index contributed by atoms with van der Waals surface area (Å²) in [5, 5.41) is 1.09. The maximum absolute atomic E-state index is 12.6. The van der Waals surface area contributed by atoms with E-state index in [0.29, 0.717) is 13.0 Å². The molecule has 1 aromatic heterocycles. The van der Waals surface area contributed by atoms with Crippen LogP contribution in [-0.4, -0.2) is 46.7 Å². The largest absolute Gasteiger partial charge is 0.338 e. The summed E-state index contributed by atoms with van der Waals surface area (Å²) in [6.45, 7) is 1.39. The van der Waals surface area contributed by atoms with Gasteiger partial charge in [-0.25, -0.2) is 0 Å². The first-order chi connectivity index (χ1) is 12.5. The van der Waals surface area contributed by atoms with Crippen molar-refractivity contribution in [1.29, 1.82) is 0 Å². The minimum absolute atomic E-state index is 0.0247. The van der Waals surface area contributed by atoms with E-state index in [-0.39, 0.29) is 23.8 Å². The molecule has 2 fully saturated rings. The van der Waals surface area contributed by atoms with Crippen LogP contribution in [0.1, 0.15) is 37.8 Å². The molecule has 5 nitrogen and oxygen atoms in total. The number of pyridine rings is 1. The Kier molecular flexibility index (Phi) is 4.39. The number of para-hydroxylation sites is 1. The Labute approximate surface area is 154 Å². The van der Waals surface area contributed by atoms with Crippen molar-refractivity contribution in [3.63, 3.8) is 0 Å². The minimum Gasteiger partial charge on any atom is -0.338 e. The van der Waals surface area contributed by atoms with Crippen molar-refractivity contribution in [3.05, 3.63) is 42.1 Å². The number of rotatable bonds is 4. The number of likely N-dealkylation sites (tertiary alicyclic amines) is 1. The van der Waals surface area contributed by atoms with Gasteiger partial charge in [0.2, 0.25) is 11.8 Å². The molecule has 4 rings (SSSR count). The first kappa shape index (κ1) is 17.0. The predicted octanol–water partition coefficient (Wildman–Crippen LogP) is 2.99.